The third kappa shape index (κ3) is 2.43. The lowest BCUT2D eigenvalue weighted by molar-refractivity contribution is 0.0599. The highest BCUT2D eigenvalue weighted by Gasteiger charge is 2.21. The van der Waals surface area contributed by atoms with Crippen LogP contribution in [0.2, 0.25) is 0 Å². The van der Waals surface area contributed by atoms with Crippen molar-refractivity contribution in [3.63, 3.8) is 0 Å². The lowest BCUT2D eigenvalue weighted by atomic mass is 10.1. The van der Waals surface area contributed by atoms with E-state index in [0.29, 0.717) is 17.6 Å². The van der Waals surface area contributed by atoms with Gasteiger partial charge in [-0.15, -0.1) is 0 Å². The number of nitrogens with one attached hydrogen (secondary N) is 1. The summed E-state index contributed by atoms with van der Waals surface area (Å²) >= 11 is 3.32. The Hall–Kier alpha value is -1.82. The van der Waals surface area contributed by atoms with Crippen LogP contribution >= 0.6 is 15.9 Å². The van der Waals surface area contributed by atoms with E-state index in [4.69, 9.17) is 4.74 Å². The molecule has 6 heteroatoms. The van der Waals surface area contributed by atoms with Gasteiger partial charge in [-0.3, -0.25) is 4.79 Å². The molecule has 0 aliphatic rings. The van der Waals surface area contributed by atoms with Gasteiger partial charge >= 0.3 is 5.97 Å². The summed E-state index contributed by atoms with van der Waals surface area (Å²) in [6.07, 6.45) is 0. The molecule has 5 nitrogen and oxygen atoms in total. The summed E-state index contributed by atoms with van der Waals surface area (Å²) in [7, 11) is 2.91. The van der Waals surface area contributed by atoms with Gasteiger partial charge < -0.3 is 14.6 Å². The van der Waals surface area contributed by atoms with Gasteiger partial charge in [0.05, 0.1) is 18.3 Å². The molecule has 106 valence electrons. The van der Waals surface area contributed by atoms with Gasteiger partial charge in [-0.1, -0.05) is 34.1 Å². The number of nitrogens with zero attached hydrogens (tertiary/aromatic N) is 1. The molecule has 1 N–H and O–H groups in total. The molecular weight excluding hydrogens is 324 g/mol. The molecule has 0 amide bonds. The SMILES string of the molecule is COC(=O)c1c(NCCBr)c2ccccc2n(C)c1=O. The van der Waals surface area contributed by atoms with Crippen molar-refractivity contribution in [2.45, 2.75) is 0 Å². The third-order valence-electron chi connectivity index (χ3n) is 3.09. The number of aromatic nitrogens is 1. The number of hydrogen-bond donors (Lipinski definition) is 1. The summed E-state index contributed by atoms with van der Waals surface area (Å²) in [6, 6.07) is 7.44. The van der Waals surface area contributed by atoms with Crippen LogP contribution in [0.3, 0.4) is 0 Å². The Kier molecular flexibility index (Phi) is 4.44. The fourth-order valence-electron chi connectivity index (χ4n) is 2.14. The van der Waals surface area contributed by atoms with Crippen LogP contribution in [-0.2, 0) is 11.8 Å². The van der Waals surface area contributed by atoms with Crippen LogP contribution in [0.25, 0.3) is 10.9 Å². The standard InChI is InChI=1S/C14H15BrN2O3/c1-17-10-6-4-3-5-9(10)12(16-8-7-15)11(13(17)18)14(19)20-2/h3-6,16H,7-8H2,1-2H3. The molecule has 2 rings (SSSR count). The second kappa shape index (κ2) is 6.09. The van der Waals surface area contributed by atoms with Crippen LogP contribution in [0, 0.1) is 0 Å². The zero-order chi connectivity index (χ0) is 14.7. The number of carbonyl (C=O) groups excluding carboxylic acids is 1. The summed E-state index contributed by atoms with van der Waals surface area (Å²) < 4.78 is 6.20. The molecule has 0 unspecified atom stereocenters. The fourth-order valence-corrected chi connectivity index (χ4v) is 2.34. The Morgan fingerprint density at radius 3 is 2.75 bits per heavy atom. The van der Waals surface area contributed by atoms with Gasteiger partial charge in [-0.2, -0.15) is 0 Å². The number of pyridine rings is 1. The van der Waals surface area contributed by atoms with E-state index in [1.165, 1.54) is 11.7 Å². The molecule has 0 saturated heterocycles. The van der Waals surface area contributed by atoms with Crippen LogP contribution in [0.5, 0.6) is 0 Å². The number of benzene rings is 1. The highest BCUT2D eigenvalue weighted by atomic mass is 79.9. The first-order valence-electron chi connectivity index (χ1n) is 6.11. The van der Waals surface area contributed by atoms with Gasteiger partial charge in [0.25, 0.3) is 5.56 Å². The highest BCUT2D eigenvalue weighted by Crippen LogP contribution is 2.25. The number of carbonyl (C=O) groups is 1. The van der Waals surface area contributed by atoms with Crippen LogP contribution < -0.4 is 10.9 Å². The van der Waals surface area contributed by atoms with Gasteiger partial charge in [0.1, 0.15) is 5.56 Å². The van der Waals surface area contributed by atoms with E-state index in [1.54, 1.807) is 7.05 Å². The van der Waals surface area contributed by atoms with Crippen LogP contribution in [-0.4, -0.2) is 29.5 Å². The maximum atomic E-state index is 12.4. The zero-order valence-corrected chi connectivity index (χ0v) is 12.9. The lowest BCUT2D eigenvalue weighted by Gasteiger charge is -2.15. The number of para-hydroxylation sites is 1. The molecule has 0 aliphatic carbocycles. The monoisotopic (exact) mass is 338 g/mol. The van der Waals surface area contributed by atoms with E-state index in [1.807, 2.05) is 24.3 Å². The van der Waals surface area contributed by atoms with Gasteiger partial charge in [0, 0.05) is 24.3 Å². The molecule has 0 atom stereocenters. The summed E-state index contributed by atoms with van der Waals surface area (Å²) in [6.45, 7) is 0.598. The molecule has 1 aromatic carbocycles. The predicted octanol–water partition coefficient (Wildman–Crippen LogP) is 2.13. The molecule has 0 fully saturated rings. The van der Waals surface area contributed by atoms with Gasteiger partial charge in [-0.05, 0) is 6.07 Å². The number of halogens is 1. The van der Waals surface area contributed by atoms with Crippen molar-refractivity contribution in [3.05, 3.63) is 40.2 Å². The van der Waals surface area contributed by atoms with E-state index in [2.05, 4.69) is 21.2 Å². The van der Waals surface area contributed by atoms with Crippen LogP contribution in [0.1, 0.15) is 10.4 Å². The Labute approximate surface area is 124 Å². The summed E-state index contributed by atoms with van der Waals surface area (Å²) in [4.78, 5) is 24.3. The fraction of sp³-hybridized carbons (Fsp3) is 0.286. The molecule has 0 bridgehead atoms. The number of ether oxygens (including phenoxy) is 1. The third-order valence-corrected chi connectivity index (χ3v) is 3.49. The van der Waals surface area contributed by atoms with Crippen LogP contribution in [0.15, 0.2) is 29.1 Å². The predicted molar refractivity (Wildman–Crippen MR) is 82.8 cm³/mol. The summed E-state index contributed by atoms with van der Waals surface area (Å²) in [5.41, 5.74) is 0.958. The number of anilines is 1. The topological polar surface area (TPSA) is 60.3 Å². The van der Waals surface area contributed by atoms with Crippen molar-refractivity contribution in [3.8, 4) is 0 Å². The molecule has 0 aliphatic heterocycles. The van der Waals surface area contributed by atoms with Crippen molar-refractivity contribution in [1.82, 2.24) is 4.57 Å². The first kappa shape index (κ1) is 14.6. The lowest BCUT2D eigenvalue weighted by Crippen LogP contribution is -2.27. The molecule has 1 aromatic heterocycles. The Morgan fingerprint density at radius 2 is 2.10 bits per heavy atom. The van der Waals surface area contributed by atoms with Gasteiger partial charge in [0.15, 0.2) is 0 Å². The number of alkyl halides is 1. The van der Waals surface area contributed by atoms with Crippen molar-refractivity contribution in [2.75, 3.05) is 24.3 Å². The van der Waals surface area contributed by atoms with Crippen molar-refractivity contribution >= 4 is 38.5 Å². The molecule has 2 aromatic rings. The van der Waals surface area contributed by atoms with E-state index < -0.39 is 5.97 Å². The highest BCUT2D eigenvalue weighted by molar-refractivity contribution is 9.09. The molecule has 0 spiro atoms. The normalized spacial score (nSPS) is 10.6. The van der Waals surface area contributed by atoms with E-state index in [-0.39, 0.29) is 11.1 Å². The van der Waals surface area contributed by atoms with E-state index >= 15 is 0 Å². The van der Waals surface area contributed by atoms with E-state index in [9.17, 15) is 9.59 Å². The average Bonchev–Trinajstić information content (AvgIpc) is 2.48. The molecule has 0 radical (unpaired) electrons. The quantitative estimate of drug-likeness (QED) is 0.685. The minimum atomic E-state index is -0.631. The second-order valence-electron chi connectivity index (χ2n) is 4.24. The van der Waals surface area contributed by atoms with Crippen LogP contribution in [0.4, 0.5) is 5.69 Å². The first-order valence-corrected chi connectivity index (χ1v) is 7.23. The minimum absolute atomic E-state index is 0.0367. The summed E-state index contributed by atoms with van der Waals surface area (Å²) in [5, 5.41) is 4.65. The largest absolute Gasteiger partial charge is 0.465 e. The maximum Gasteiger partial charge on any atom is 0.345 e. The Bertz CT molecular complexity index is 709. The number of hydrogen-bond acceptors (Lipinski definition) is 4. The Balaban J connectivity index is 2.84. The number of methoxy groups -OCH3 is 1. The van der Waals surface area contributed by atoms with Crippen molar-refractivity contribution in [1.29, 1.82) is 0 Å². The molecule has 1 heterocycles. The number of esters is 1. The van der Waals surface area contributed by atoms with Crippen molar-refractivity contribution in [2.24, 2.45) is 7.05 Å². The minimum Gasteiger partial charge on any atom is -0.465 e. The maximum absolute atomic E-state index is 12.4. The number of aryl methyl sites for hydroxylation is 1. The first-order chi connectivity index (χ1) is 9.61. The summed E-state index contributed by atoms with van der Waals surface area (Å²) in [5.74, 6) is -0.631. The van der Waals surface area contributed by atoms with Gasteiger partial charge in [-0.25, -0.2) is 4.79 Å². The smallest absolute Gasteiger partial charge is 0.345 e. The Morgan fingerprint density at radius 1 is 1.40 bits per heavy atom. The average molecular weight is 339 g/mol. The zero-order valence-electron chi connectivity index (χ0n) is 11.3. The number of rotatable bonds is 4. The molecule has 20 heavy (non-hydrogen) atoms. The number of fused-ring (bicyclic) bond motifs is 1. The second-order valence-corrected chi connectivity index (χ2v) is 5.03. The van der Waals surface area contributed by atoms with Crippen molar-refractivity contribution < 1.29 is 9.53 Å². The molecule has 0 saturated carbocycles. The van der Waals surface area contributed by atoms with E-state index in [0.717, 1.165) is 10.9 Å². The van der Waals surface area contributed by atoms with Gasteiger partial charge in [0.2, 0.25) is 0 Å². The molecular formula is C14H15BrN2O3.